The standard InChI is InChI=1S/C21H42NO4P/c1-5-6-7-8-9-10-11-12-13-14-15-16-17-18-19-21(23,27(24,25)26)20-22(2,3)4/h7-8,13-14,23H,5-6,9-12,15-20H2,1-4H3,(H-,24,25,26)/p+1/b8-7-,14-13-. The first kappa shape index (κ1) is 26.6. The second kappa shape index (κ2) is 13.7. The van der Waals surface area contributed by atoms with Crippen LogP contribution in [0.25, 0.3) is 0 Å². The monoisotopic (exact) mass is 404 g/mol. The van der Waals surface area contributed by atoms with Crippen molar-refractivity contribution < 1.29 is 23.9 Å². The molecular formula is C21H43NO4P+. The van der Waals surface area contributed by atoms with Crippen molar-refractivity contribution >= 4 is 7.60 Å². The zero-order chi connectivity index (χ0) is 20.8. The van der Waals surface area contributed by atoms with Crippen LogP contribution in [0.15, 0.2) is 24.3 Å². The number of aliphatic hydroxyl groups is 1. The van der Waals surface area contributed by atoms with Crippen LogP contribution in [-0.4, -0.2) is 52.4 Å². The van der Waals surface area contributed by atoms with Crippen molar-refractivity contribution in [3.05, 3.63) is 24.3 Å². The van der Waals surface area contributed by atoms with Gasteiger partial charge in [-0.15, -0.1) is 0 Å². The molecule has 0 saturated heterocycles. The number of unbranched alkanes of at least 4 members (excludes halogenated alkanes) is 7. The van der Waals surface area contributed by atoms with Gasteiger partial charge in [-0.05, 0) is 57.8 Å². The predicted molar refractivity (Wildman–Crippen MR) is 115 cm³/mol. The minimum atomic E-state index is -4.55. The fourth-order valence-electron chi connectivity index (χ4n) is 3.09. The lowest BCUT2D eigenvalue weighted by Crippen LogP contribution is -2.49. The minimum absolute atomic E-state index is 0.0464. The Morgan fingerprint density at radius 1 is 0.815 bits per heavy atom. The van der Waals surface area contributed by atoms with E-state index in [0.29, 0.717) is 10.9 Å². The van der Waals surface area contributed by atoms with E-state index >= 15 is 0 Å². The fourth-order valence-corrected chi connectivity index (χ4v) is 4.14. The van der Waals surface area contributed by atoms with Gasteiger partial charge in [-0.2, -0.15) is 0 Å². The summed E-state index contributed by atoms with van der Waals surface area (Å²) in [5.74, 6) is 0. The molecule has 0 aromatic carbocycles. The number of nitrogens with zero attached hydrogens (tertiary/aromatic N) is 1. The van der Waals surface area contributed by atoms with E-state index in [-0.39, 0.29) is 13.0 Å². The van der Waals surface area contributed by atoms with E-state index in [1.54, 1.807) is 0 Å². The molecule has 160 valence electrons. The summed E-state index contributed by atoms with van der Waals surface area (Å²) in [6.07, 6.45) is 19.7. The molecule has 0 aliphatic rings. The number of likely N-dealkylation sites (N-methyl/N-ethyl adjacent to an activating group) is 1. The Labute approximate surface area is 166 Å². The highest BCUT2D eigenvalue weighted by Gasteiger charge is 2.48. The molecule has 0 radical (unpaired) electrons. The maximum atomic E-state index is 11.7. The van der Waals surface area contributed by atoms with Gasteiger partial charge in [0.25, 0.3) is 0 Å². The van der Waals surface area contributed by atoms with E-state index < -0.39 is 12.9 Å². The molecule has 0 aliphatic carbocycles. The molecule has 0 aliphatic heterocycles. The maximum Gasteiger partial charge on any atom is 0.362 e. The Bertz CT molecular complexity index is 479. The Morgan fingerprint density at radius 3 is 1.67 bits per heavy atom. The normalized spacial score (nSPS) is 15.7. The van der Waals surface area contributed by atoms with E-state index in [9.17, 15) is 19.5 Å². The van der Waals surface area contributed by atoms with Gasteiger partial charge >= 0.3 is 7.60 Å². The summed E-state index contributed by atoms with van der Waals surface area (Å²) in [7, 11) is 0.929. The van der Waals surface area contributed by atoms with Crippen molar-refractivity contribution in [1.29, 1.82) is 0 Å². The number of hydrogen-bond donors (Lipinski definition) is 3. The van der Waals surface area contributed by atoms with E-state index in [4.69, 9.17) is 0 Å². The van der Waals surface area contributed by atoms with Crippen LogP contribution >= 0.6 is 7.60 Å². The molecule has 1 unspecified atom stereocenters. The molecule has 0 heterocycles. The van der Waals surface area contributed by atoms with E-state index in [2.05, 4.69) is 31.2 Å². The Kier molecular flexibility index (Phi) is 13.5. The first-order valence-electron chi connectivity index (χ1n) is 10.4. The van der Waals surface area contributed by atoms with E-state index in [1.165, 1.54) is 32.1 Å². The largest absolute Gasteiger partial charge is 0.373 e. The van der Waals surface area contributed by atoms with Gasteiger partial charge in [0.1, 0.15) is 6.54 Å². The SMILES string of the molecule is CCC/C=C\CCCC/C=C\CCCCCC(O)(C[N+](C)(C)C)P(=O)(O)O. The summed E-state index contributed by atoms with van der Waals surface area (Å²) in [6, 6.07) is 0. The Morgan fingerprint density at radius 2 is 1.26 bits per heavy atom. The van der Waals surface area contributed by atoms with Crippen molar-refractivity contribution in [1.82, 2.24) is 0 Å². The van der Waals surface area contributed by atoms with E-state index in [0.717, 1.165) is 25.7 Å². The summed E-state index contributed by atoms with van der Waals surface area (Å²) in [4.78, 5) is 19.1. The first-order valence-corrected chi connectivity index (χ1v) is 12.0. The smallest absolute Gasteiger partial charge is 0.362 e. The maximum absolute atomic E-state index is 11.7. The number of hydrogen-bond acceptors (Lipinski definition) is 2. The molecule has 0 spiro atoms. The second-order valence-corrected chi connectivity index (χ2v) is 10.5. The third-order valence-corrected chi connectivity index (χ3v) is 5.95. The van der Waals surface area contributed by atoms with Crippen LogP contribution in [0.5, 0.6) is 0 Å². The average Bonchev–Trinajstić information content (AvgIpc) is 2.52. The molecule has 0 amide bonds. The van der Waals surface area contributed by atoms with Crippen LogP contribution in [0.4, 0.5) is 0 Å². The molecule has 0 fully saturated rings. The molecule has 3 N–H and O–H groups in total. The zero-order valence-electron chi connectivity index (χ0n) is 17.9. The molecule has 6 heteroatoms. The zero-order valence-corrected chi connectivity index (χ0v) is 18.8. The summed E-state index contributed by atoms with van der Waals surface area (Å²) >= 11 is 0. The fraction of sp³-hybridized carbons (Fsp3) is 0.810. The highest BCUT2D eigenvalue weighted by molar-refractivity contribution is 7.53. The van der Waals surface area contributed by atoms with Crippen LogP contribution < -0.4 is 0 Å². The summed E-state index contributed by atoms with van der Waals surface area (Å²) in [5, 5.41) is 8.55. The number of allylic oxidation sites excluding steroid dienone is 4. The molecule has 0 aromatic heterocycles. The topological polar surface area (TPSA) is 77.8 Å². The van der Waals surface area contributed by atoms with Gasteiger partial charge in [-0.1, -0.05) is 44.1 Å². The van der Waals surface area contributed by atoms with Crippen LogP contribution in [0.3, 0.4) is 0 Å². The lowest BCUT2D eigenvalue weighted by molar-refractivity contribution is -0.875. The first-order chi connectivity index (χ1) is 12.5. The van der Waals surface area contributed by atoms with Gasteiger partial charge < -0.3 is 19.4 Å². The third-order valence-electron chi connectivity index (χ3n) is 4.50. The van der Waals surface area contributed by atoms with Gasteiger partial charge in [0.2, 0.25) is 5.34 Å². The van der Waals surface area contributed by atoms with Gasteiger partial charge in [0, 0.05) is 0 Å². The second-order valence-electron chi connectivity index (χ2n) is 8.59. The van der Waals surface area contributed by atoms with Crippen molar-refractivity contribution in [2.45, 2.75) is 82.9 Å². The highest BCUT2D eigenvalue weighted by atomic mass is 31.2. The molecule has 27 heavy (non-hydrogen) atoms. The van der Waals surface area contributed by atoms with Crippen molar-refractivity contribution in [3.8, 4) is 0 Å². The number of quaternary nitrogens is 1. The molecular weight excluding hydrogens is 361 g/mol. The van der Waals surface area contributed by atoms with Crippen molar-refractivity contribution in [2.75, 3.05) is 27.7 Å². The summed E-state index contributed by atoms with van der Waals surface area (Å²) in [6.45, 7) is 2.24. The lowest BCUT2D eigenvalue weighted by Gasteiger charge is -2.35. The average molecular weight is 405 g/mol. The summed E-state index contributed by atoms with van der Waals surface area (Å²) < 4.78 is 12.0. The highest BCUT2D eigenvalue weighted by Crippen LogP contribution is 2.52. The van der Waals surface area contributed by atoms with Gasteiger partial charge in [0.05, 0.1) is 21.1 Å². The summed E-state index contributed by atoms with van der Waals surface area (Å²) in [5.41, 5.74) is 0. The van der Waals surface area contributed by atoms with Crippen LogP contribution in [0.1, 0.15) is 77.6 Å². The number of rotatable bonds is 16. The molecule has 1 atom stereocenters. The van der Waals surface area contributed by atoms with Crippen molar-refractivity contribution in [2.24, 2.45) is 0 Å². The predicted octanol–water partition coefficient (Wildman–Crippen LogP) is 4.98. The molecule has 5 nitrogen and oxygen atoms in total. The van der Waals surface area contributed by atoms with Crippen molar-refractivity contribution in [3.63, 3.8) is 0 Å². The quantitative estimate of drug-likeness (QED) is 0.147. The van der Waals surface area contributed by atoms with Crippen LogP contribution in [0.2, 0.25) is 0 Å². The van der Waals surface area contributed by atoms with Crippen LogP contribution in [0, 0.1) is 0 Å². The van der Waals surface area contributed by atoms with E-state index in [1.807, 2.05) is 21.1 Å². The van der Waals surface area contributed by atoms with Gasteiger partial charge in [-0.25, -0.2) is 0 Å². The van der Waals surface area contributed by atoms with Gasteiger partial charge in [0.15, 0.2) is 0 Å². The van der Waals surface area contributed by atoms with Gasteiger partial charge in [-0.3, -0.25) is 4.57 Å². The molecule has 0 rings (SSSR count). The molecule has 0 saturated carbocycles. The Hall–Kier alpha value is -0.450. The molecule has 0 aromatic rings. The molecule has 0 bridgehead atoms. The Balaban J connectivity index is 3.89. The lowest BCUT2D eigenvalue weighted by atomic mass is 10.1. The third kappa shape index (κ3) is 14.2. The minimum Gasteiger partial charge on any atom is -0.373 e. The van der Waals surface area contributed by atoms with Crippen LogP contribution in [-0.2, 0) is 4.57 Å².